The molecule has 0 radical (unpaired) electrons. The molecule has 0 N–H and O–H groups in total. The van der Waals surface area contributed by atoms with Gasteiger partial charge in [0, 0.05) is 18.9 Å². The molecule has 0 fully saturated rings. The number of methoxy groups -OCH3 is 2. The predicted octanol–water partition coefficient (Wildman–Crippen LogP) is 2.49. The number of rotatable bonds is 12. The van der Waals surface area contributed by atoms with Gasteiger partial charge < -0.3 is 14.2 Å². The van der Waals surface area contributed by atoms with E-state index in [1.54, 1.807) is 19.9 Å². The zero-order chi connectivity index (χ0) is 26.1. The Bertz CT molecular complexity index is 691. The smallest absolute Gasteiger partial charge is 0.312 e. The second-order valence-electron chi connectivity index (χ2n) is 6.45. The quantitative estimate of drug-likeness (QED) is 0.103. The summed E-state index contributed by atoms with van der Waals surface area (Å²) in [6.45, 7) is 5.67. The highest BCUT2D eigenvalue weighted by atomic mass is 17.2. The zero-order valence-corrected chi connectivity index (χ0v) is 20.0. The van der Waals surface area contributed by atoms with Crippen molar-refractivity contribution in [1.82, 2.24) is 0 Å². The second kappa shape index (κ2) is 24.8. The molecule has 11 nitrogen and oxygen atoms in total. The van der Waals surface area contributed by atoms with Crippen LogP contribution in [0.2, 0.25) is 0 Å². The summed E-state index contributed by atoms with van der Waals surface area (Å²) in [6.07, 6.45) is 3.63. The molecule has 0 heterocycles. The molecule has 0 aliphatic rings. The minimum absolute atomic E-state index is 0.0426. The normalized spacial score (nSPS) is 12.9. The topological polar surface area (TPSA) is 169 Å². The Hall–Kier alpha value is -3.46. The van der Waals surface area contributed by atoms with E-state index in [4.69, 9.17) is 15.8 Å². The molecule has 11 heteroatoms. The van der Waals surface area contributed by atoms with Crippen LogP contribution in [0.1, 0.15) is 33.6 Å². The lowest BCUT2D eigenvalue weighted by Gasteiger charge is -2.18. The predicted molar refractivity (Wildman–Crippen MR) is 115 cm³/mol. The first kappa shape index (κ1) is 34.2. The van der Waals surface area contributed by atoms with Gasteiger partial charge in [0.25, 0.3) is 6.47 Å². The summed E-state index contributed by atoms with van der Waals surface area (Å²) in [7, 11) is 3.93. The Labute approximate surface area is 195 Å². The van der Waals surface area contributed by atoms with Crippen LogP contribution in [0.25, 0.3) is 0 Å². The highest BCUT2D eigenvalue weighted by Gasteiger charge is 2.27. The number of hydrogen-bond donors (Lipinski definition) is 0. The minimum Gasteiger partial charge on any atom is -0.469 e. The van der Waals surface area contributed by atoms with Crippen LogP contribution in [0, 0.1) is 57.7 Å². The molecule has 184 valence electrons. The van der Waals surface area contributed by atoms with Crippen molar-refractivity contribution in [2.24, 2.45) is 23.7 Å². The van der Waals surface area contributed by atoms with E-state index in [1.807, 2.05) is 25.1 Å². The highest BCUT2D eigenvalue weighted by Crippen LogP contribution is 2.17. The summed E-state index contributed by atoms with van der Waals surface area (Å²) in [4.78, 5) is 41.5. The number of nitrogens with zero attached hydrogens (tertiary/aromatic N) is 3. The van der Waals surface area contributed by atoms with E-state index in [0.29, 0.717) is 0 Å². The Morgan fingerprint density at radius 1 is 0.879 bits per heavy atom. The average molecular weight is 468 g/mol. The van der Waals surface area contributed by atoms with Crippen molar-refractivity contribution in [2.75, 3.05) is 34.5 Å². The van der Waals surface area contributed by atoms with Crippen LogP contribution in [-0.2, 0) is 38.4 Å². The van der Waals surface area contributed by atoms with Crippen molar-refractivity contribution < 1.29 is 38.4 Å². The van der Waals surface area contributed by atoms with Crippen LogP contribution in [0.3, 0.4) is 0 Å². The van der Waals surface area contributed by atoms with Gasteiger partial charge in [0.1, 0.15) is 6.61 Å². The first-order valence-corrected chi connectivity index (χ1v) is 9.87. The molecule has 0 spiro atoms. The molecule has 0 aromatic rings. The van der Waals surface area contributed by atoms with Gasteiger partial charge in [0.05, 0.1) is 58.0 Å². The van der Waals surface area contributed by atoms with E-state index in [1.165, 1.54) is 27.4 Å². The van der Waals surface area contributed by atoms with Crippen molar-refractivity contribution in [1.29, 1.82) is 15.8 Å². The Morgan fingerprint density at radius 3 is 1.61 bits per heavy atom. The van der Waals surface area contributed by atoms with Gasteiger partial charge in [0.15, 0.2) is 0 Å². The lowest BCUT2D eigenvalue weighted by molar-refractivity contribution is -0.281. The number of esters is 2. The summed E-state index contributed by atoms with van der Waals surface area (Å²) in [6, 6.07) is 5.79. The number of ether oxygens (including phenoxy) is 3. The van der Waals surface area contributed by atoms with Crippen LogP contribution >= 0.6 is 0 Å². The maximum absolute atomic E-state index is 11.3. The van der Waals surface area contributed by atoms with Gasteiger partial charge in [-0.15, -0.1) is 0 Å². The van der Waals surface area contributed by atoms with E-state index in [9.17, 15) is 14.4 Å². The summed E-state index contributed by atoms with van der Waals surface area (Å²) in [5, 5.41) is 24.7. The molecule has 33 heavy (non-hydrogen) atoms. The van der Waals surface area contributed by atoms with Crippen LogP contribution < -0.4 is 0 Å². The van der Waals surface area contributed by atoms with Crippen LogP contribution in [0.5, 0.6) is 0 Å². The number of allylic oxidation sites excluding steroid dienone is 2. The molecule has 4 atom stereocenters. The zero-order valence-electron chi connectivity index (χ0n) is 20.0. The number of nitriles is 3. The van der Waals surface area contributed by atoms with Gasteiger partial charge >= 0.3 is 11.9 Å². The SMILES string of the molecule is C/C=C/C#N.COC(=O)C(COC=O)[C@H](C)CC#N.COOCC(C(=O)OC)[C@@H](C)CC#N. The van der Waals surface area contributed by atoms with Gasteiger partial charge in [-0.05, 0) is 18.8 Å². The lowest BCUT2D eigenvalue weighted by atomic mass is 9.92. The maximum Gasteiger partial charge on any atom is 0.312 e. The Morgan fingerprint density at radius 2 is 1.33 bits per heavy atom. The van der Waals surface area contributed by atoms with E-state index < -0.39 is 17.8 Å². The number of carbonyl (C=O) groups is 3. The highest BCUT2D eigenvalue weighted by molar-refractivity contribution is 5.73. The fraction of sp³-hybridized carbons (Fsp3) is 0.636. The molecule has 0 bridgehead atoms. The number of carbonyl (C=O) groups excluding carboxylic acids is 3. The third-order valence-electron chi connectivity index (χ3n) is 4.16. The molecule has 0 saturated carbocycles. The van der Waals surface area contributed by atoms with Crippen LogP contribution in [-0.4, -0.2) is 53.0 Å². The largest absolute Gasteiger partial charge is 0.469 e. The molecular formula is C22H33N3O8. The van der Waals surface area contributed by atoms with Crippen molar-refractivity contribution in [2.45, 2.75) is 33.6 Å². The molecule has 0 aliphatic carbocycles. The maximum atomic E-state index is 11.3. The Balaban J connectivity index is -0.000000453. The first-order chi connectivity index (χ1) is 15.7. The van der Waals surface area contributed by atoms with Crippen molar-refractivity contribution >= 4 is 18.4 Å². The van der Waals surface area contributed by atoms with Gasteiger partial charge in [-0.3, -0.25) is 14.4 Å². The van der Waals surface area contributed by atoms with Crippen molar-refractivity contribution in [3.8, 4) is 18.2 Å². The molecule has 0 amide bonds. The monoisotopic (exact) mass is 467 g/mol. The van der Waals surface area contributed by atoms with Crippen molar-refractivity contribution in [3.05, 3.63) is 12.2 Å². The van der Waals surface area contributed by atoms with E-state index in [0.717, 1.165) is 0 Å². The van der Waals surface area contributed by atoms with Gasteiger partial charge in [0.2, 0.25) is 0 Å². The fourth-order valence-electron chi connectivity index (χ4n) is 2.16. The van der Waals surface area contributed by atoms with Gasteiger partial charge in [-0.1, -0.05) is 19.9 Å². The molecule has 0 saturated heterocycles. The van der Waals surface area contributed by atoms with Crippen molar-refractivity contribution in [3.63, 3.8) is 0 Å². The average Bonchev–Trinajstić information content (AvgIpc) is 2.80. The molecule has 0 rings (SSSR count). The molecule has 0 aliphatic heterocycles. The fourth-order valence-corrected chi connectivity index (χ4v) is 2.16. The molecular weight excluding hydrogens is 434 g/mol. The third-order valence-corrected chi connectivity index (χ3v) is 4.16. The standard InChI is InChI=1S/C9H15NO4.C9H13NO4.C4H5N/c1-7(4-5-10)8(6-14-13-3)9(11)12-2;1-7(3-4-10)8(5-14-6-11)9(12)13-2;1-2-3-4-5/h7-8H,4,6H2,1-3H3;6-8H,3,5H2,1-2H3;2-3H,1H3/b;;3-2+/t2*7-,8?;/m01./s1. The first-order valence-electron chi connectivity index (χ1n) is 9.87. The second-order valence-corrected chi connectivity index (χ2v) is 6.45. The number of hydrogen-bond acceptors (Lipinski definition) is 11. The van der Waals surface area contributed by atoms with Crippen LogP contribution in [0.4, 0.5) is 0 Å². The molecule has 0 aromatic carbocycles. The summed E-state index contributed by atoms with van der Waals surface area (Å²) in [5.74, 6) is -2.17. The van der Waals surface area contributed by atoms with Gasteiger partial charge in [-0.25, -0.2) is 9.78 Å². The third kappa shape index (κ3) is 19.0. The molecule has 2 unspecified atom stereocenters. The summed E-state index contributed by atoms with van der Waals surface area (Å²) in [5.41, 5.74) is 0. The lowest BCUT2D eigenvalue weighted by Crippen LogP contribution is -2.27. The van der Waals surface area contributed by atoms with Crippen LogP contribution in [0.15, 0.2) is 12.2 Å². The van der Waals surface area contributed by atoms with E-state index in [-0.39, 0.29) is 50.3 Å². The van der Waals surface area contributed by atoms with E-state index >= 15 is 0 Å². The Kier molecular flexibility index (Phi) is 25.7. The molecule has 0 aromatic heterocycles. The van der Waals surface area contributed by atoms with E-state index in [2.05, 4.69) is 24.0 Å². The summed E-state index contributed by atoms with van der Waals surface area (Å²) >= 11 is 0. The minimum atomic E-state index is -0.565. The van der Waals surface area contributed by atoms with Gasteiger partial charge in [-0.2, -0.15) is 15.8 Å². The summed E-state index contributed by atoms with van der Waals surface area (Å²) < 4.78 is 13.6.